The van der Waals surface area contributed by atoms with E-state index in [9.17, 15) is 0 Å². The first-order chi connectivity index (χ1) is 8.65. The van der Waals surface area contributed by atoms with Crippen LogP contribution in [0.15, 0.2) is 24.3 Å². The molecule has 0 amide bonds. The molecule has 0 fully saturated rings. The third-order valence-electron chi connectivity index (χ3n) is 2.74. The first-order valence-corrected chi connectivity index (χ1v) is 6.27. The van der Waals surface area contributed by atoms with Gasteiger partial charge in [0.1, 0.15) is 0 Å². The van der Waals surface area contributed by atoms with E-state index in [0.29, 0.717) is 11.9 Å². The van der Waals surface area contributed by atoms with Crippen molar-refractivity contribution in [2.24, 2.45) is 0 Å². The molecule has 2 aromatic rings. The second-order valence-electron chi connectivity index (χ2n) is 4.39. The van der Waals surface area contributed by atoms with Gasteiger partial charge in [-0.15, -0.1) is 10.2 Å². The molecular weight excluding hydrogens is 250 g/mol. The Bertz CT molecular complexity index is 468. The Morgan fingerprint density at radius 1 is 1.28 bits per heavy atom. The van der Waals surface area contributed by atoms with Gasteiger partial charge in [0, 0.05) is 11.1 Å². The molecule has 0 aliphatic heterocycles. The summed E-state index contributed by atoms with van der Waals surface area (Å²) in [6, 6.07) is 8.29. The third-order valence-corrected chi connectivity index (χ3v) is 2.99. The summed E-state index contributed by atoms with van der Waals surface area (Å²) in [6.07, 6.45) is 0.930. The van der Waals surface area contributed by atoms with Crippen LogP contribution in [0.4, 0.5) is 0 Å². The van der Waals surface area contributed by atoms with E-state index in [1.165, 1.54) is 5.56 Å². The van der Waals surface area contributed by atoms with Crippen molar-refractivity contribution in [1.82, 2.24) is 25.9 Å². The number of hydrogen-bond donors (Lipinski definition) is 2. The number of nitrogens with zero attached hydrogens (tertiary/aromatic N) is 3. The van der Waals surface area contributed by atoms with Gasteiger partial charge in [-0.1, -0.05) is 28.9 Å². The van der Waals surface area contributed by atoms with E-state index in [4.69, 9.17) is 11.6 Å². The number of rotatable bonds is 5. The van der Waals surface area contributed by atoms with E-state index in [-0.39, 0.29) is 6.04 Å². The lowest BCUT2D eigenvalue weighted by molar-refractivity contribution is 0.462. The molecule has 0 radical (unpaired) electrons. The summed E-state index contributed by atoms with van der Waals surface area (Å²) in [6.45, 7) is 4.15. The maximum Gasteiger partial charge on any atom is 0.191 e. The molecule has 0 spiro atoms. The van der Waals surface area contributed by atoms with Crippen molar-refractivity contribution >= 4 is 11.6 Å². The molecule has 1 aromatic heterocycles. The smallest absolute Gasteiger partial charge is 0.191 e. The van der Waals surface area contributed by atoms with Gasteiger partial charge in [-0.05, 0) is 38.0 Å². The zero-order valence-corrected chi connectivity index (χ0v) is 11.1. The number of nitrogens with one attached hydrogen (secondary N) is 2. The first-order valence-electron chi connectivity index (χ1n) is 5.89. The van der Waals surface area contributed by atoms with E-state index in [0.717, 1.165) is 11.4 Å². The van der Waals surface area contributed by atoms with Gasteiger partial charge in [0.15, 0.2) is 5.82 Å². The molecule has 6 heteroatoms. The Hall–Kier alpha value is -1.46. The Kier molecular flexibility index (Phi) is 4.28. The molecule has 96 valence electrons. The van der Waals surface area contributed by atoms with Gasteiger partial charge in [0.05, 0.1) is 6.04 Å². The summed E-state index contributed by atoms with van der Waals surface area (Å²) in [5.41, 5.74) is 1.25. The zero-order valence-electron chi connectivity index (χ0n) is 10.4. The van der Waals surface area contributed by atoms with Gasteiger partial charge in [-0.3, -0.25) is 0 Å². The highest BCUT2D eigenvalue weighted by Gasteiger charge is 2.13. The summed E-state index contributed by atoms with van der Waals surface area (Å²) >= 11 is 5.86. The molecule has 0 aliphatic rings. The van der Waals surface area contributed by atoms with Crippen LogP contribution >= 0.6 is 11.6 Å². The molecule has 1 heterocycles. The minimum absolute atomic E-state index is 0.0750. The lowest BCUT2D eigenvalue weighted by Gasteiger charge is -2.17. The maximum absolute atomic E-state index is 5.86. The number of aromatic nitrogens is 4. The normalized spacial score (nSPS) is 14.4. The van der Waals surface area contributed by atoms with Gasteiger partial charge in [0.2, 0.25) is 0 Å². The van der Waals surface area contributed by atoms with Gasteiger partial charge in [0.25, 0.3) is 0 Å². The molecule has 0 aliphatic carbocycles. The molecule has 2 unspecified atom stereocenters. The van der Waals surface area contributed by atoms with Crippen molar-refractivity contribution in [3.8, 4) is 0 Å². The highest BCUT2D eigenvalue weighted by molar-refractivity contribution is 6.30. The monoisotopic (exact) mass is 265 g/mol. The fraction of sp³-hybridized carbons (Fsp3) is 0.417. The van der Waals surface area contributed by atoms with Crippen molar-refractivity contribution in [3.63, 3.8) is 0 Å². The second-order valence-corrected chi connectivity index (χ2v) is 4.83. The fourth-order valence-corrected chi connectivity index (χ4v) is 2.01. The van der Waals surface area contributed by atoms with E-state index in [1.807, 2.05) is 31.2 Å². The lowest BCUT2D eigenvalue weighted by Crippen LogP contribution is -2.31. The quantitative estimate of drug-likeness (QED) is 0.869. The molecule has 5 nitrogen and oxygen atoms in total. The summed E-state index contributed by atoms with van der Waals surface area (Å²) in [5, 5.41) is 18.1. The molecule has 0 bridgehead atoms. The second kappa shape index (κ2) is 5.93. The molecule has 1 aromatic carbocycles. The standard InChI is InChI=1S/C12H16ClN5/c1-8(7-10-3-5-11(13)6-4-10)14-9(2)12-15-17-18-16-12/h3-6,8-9,14H,7H2,1-2H3,(H,15,16,17,18). The van der Waals surface area contributed by atoms with Crippen LogP contribution in [0.25, 0.3) is 0 Å². The molecule has 2 atom stereocenters. The predicted octanol–water partition coefficient (Wildman–Crippen LogP) is 2.13. The minimum Gasteiger partial charge on any atom is -0.305 e. The maximum atomic E-state index is 5.86. The average molecular weight is 266 g/mol. The molecule has 2 N–H and O–H groups in total. The van der Waals surface area contributed by atoms with Crippen molar-refractivity contribution in [1.29, 1.82) is 0 Å². The number of aromatic amines is 1. The topological polar surface area (TPSA) is 66.5 Å². The van der Waals surface area contributed by atoms with Crippen LogP contribution in [0.1, 0.15) is 31.3 Å². The van der Waals surface area contributed by atoms with E-state index < -0.39 is 0 Å². The lowest BCUT2D eigenvalue weighted by atomic mass is 10.1. The Balaban J connectivity index is 1.88. The predicted molar refractivity (Wildman–Crippen MR) is 70.3 cm³/mol. The summed E-state index contributed by atoms with van der Waals surface area (Å²) in [7, 11) is 0. The summed E-state index contributed by atoms with van der Waals surface area (Å²) in [5.74, 6) is 0.679. The van der Waals surface area contributed by atoms with Crippen LogP contribution in [0.5, 0.6) is 0 Å². The number of halogens is 1. The van der Waals surface area contributed by atoms with Crippen LogP contribution in [-0.2, 0) is 6.42 Å². The van der Waals surface area contributed by atoms with Crippen LogP contribution in [0.2, 0.25) is 5.02 Å². The third kappa shape index (κ3) is 3.51. The molecular formula is C12H16ClN5. The van der Waals surface area contributed by atoms with Crippen molar-refractivity contribution in [2.45, 2.75) is 32.4 Å². The zero-order chi connectivity index (χ0) is 13.0. The molecule has 0 saturated carbocycles. The van der Waals surface area contributed by atoms with Crippen LogP contribution < -0.4 is 5.32 Å². The van der Waals surface area contributed by atoms with Gasteiger partial charge >= 0.3 is 0 Å². The highest BCUT2D eigenvalue weighted by Crippen LogP contribution is 2.12. The van der Waals surface area contributed by atoms with Crippen LogP contribution in [0, 0.1) is 0 Å². The van der Waals surface area contributed by atoms with Gasteiger partial charge in [-0.2, -0.15) is 5.21 Å². The number of H-pyrrole nitrogens is 1. The number of tetrazole rings is 1. The first kappa shape index (κ1) is 13.0. The largest absolute Gasteiger partial charge is 0.305 e. The highest BCUT2D eigenvalue weighted by atomic mass is 35.5. The Morgan fingerprint density at radius 3 is 2.61 bits per heavy atom. The fourth-order valence-electron chi connectivity index (χ4n) is 1.89. The van der Waals surface area contributed by atoms with E-state index in [1.54, 1.807) is 0 Å². The van der Waals surface area contributed by atoms with Crippen molar-refractivity contribution < 1.29 is 0 Å². The average Bonchev–Trinajstić information content (AvgIpc) is 2.85. The number of benzene rings is 1. The minimum atomic E-state index is 0.0750. The van der Waals surface area contributed by atoms with Crippen LogP contribution in [0.3, 0.4) is 0 Å². The summed E-state index contributed by atoms with van der Waals surface area (Å²) in [4.78, 5) is 0. The molecule has 2 rings (SSSR count). The van der Waals surface area contributed by atoms with E-state index >= 15 is 0 Å². The van der Waals surface area contributed by atoms with Gasteiger partial charge in [-0.25, -0.2) is 0 Å². The Morgan fingerprint density at radius 2 is 2.00 bits per heavy atom. The van der Waals surface area contributed by atoms with Crippen molar-refractivity contribution in [2.75, 3.05) is 0 Å². The van der Waals surface area contributed by atoms with Crippen molar-refractivity contribution in [3.05, 3.63) is 40.7 Å². The number of hydrogen-bond acceptors (Lipinski definition) is 4. The van der Waals surface area contributed by atoms with E-state index in [2.05, 4.69) is 32.9 Å². The van der Waals surface area contributed by atoms with Gasteiger partial charge < -0.3 is 5.32 Å². The SMILES string of the molecule is CC(Cc1ccc(Cl)cc1)NC(C)c1nn[nH]n1. The van der Waals surface area contributed by atoms with Crippen LogP contribution in [-0.4, -0.2) is 26.7 Å². The Labute approximate surface area is 111 Å². The molecule has 18 heavy (non-hydrogen) atoms. The molecule has 0 saturated heterocycles. The summed E-state index contributed by atoms with van der Waals surface area (Å²) < 4.78 is 0.